The van der Waals surface area contributed by atoms with E-state index in [0.29, 0.717) is 12.0 Å². The minimum atomic E-state index is -0.108. The molecule has 3 atom stereocenters. The number of anilines is 1. The van der Waals surface area contributed by atoms with Crippen molar-refractivity contribution in [2.24, 2.45) is 0 Å². The first-order chi connectivity index (χ1) is 14.2. The highest BCUT2D eigenvalue weighted by atomic mass is 15.3. The predicted molar refractivity (Wildman–Crippen MR) is 116 cm³/mol. The molecule has 6 rings (SSSR count). The van der Waals surface area contributed by atoms with Crippen LogP contribution in [-0.4, -0.2) is 33.8 Å². The van der Waals surface area contributed by atoms with E-state index >= 15 is 0 Å². The summed E-state index contributed by atoms with van der Waals surface area (Å²) in [6.07, 6.45) is 6.69. The second kappa shape index (κ2) is 6.07. The molecule has 0 saturated carbocycles. The van der Waals surface area contributed by atoms with Gasteiger partial charge in [-0.15, -0.1) is 0 Å². The fraction of sp³-hybridized carbons (Fsp3) is 0.320. The van der Waals surface area contributed by atoms with Crippen molar-refractivity contribution < 1.29 is 0 Å². The van der Waals surface area contributed by atoms with Gasteiger partial charge in [0.2, 0.25) is 0 Å². The number of hydrogen-bond acceptors (Lipinski definition) is 3. The van der Waals surface area contributed by atoms with Crippen molar-refractivity contribution in [3.05, 3.63) is 89.3 Å². The highest BCUT2D eigenvalue weighted by Crippen LogP contribution is 2.59. The van der Waals surface area contributed by atoms with Crippen molar-refractivity contribution in [1.82, 2.24) is 14.7 Å². The molecular formula is C25H26N4. The molecule has 4 heteroatoms. The van der Waals surface area contributed by atoms with Crippen LogP contribution in [0.1, 0.15) is 42.5 Å². The first-order valence-corrected chi connectivity index (χ1v) is 10.6. The molecule has 4 nitrogen and oxygen atoms in total. The number of para-hydroxylation sites is 2. The Hall–Kier alpha value is -2.85. The Kier molecular flexibility index (Phi) is 3.57. The molecule has 146 valence electrons. The highest BCUT2D eigenvalue weighted by Gasteiger charge is 2.59. The van der Waals surface area contributed by atoms with Crippen molar-refractivity contribution in [3.63, 3.8) is 0 Å². The van der Waals surface area contributed by atoms with E-state index in [1.807, 2.05) is 6.07 Å². The lowest BCUT2D eigenvalue weighted by Gasteiger charge is -2.49. The molecule has 2 aliphatic heterocycles. The summed E-state index contributed by atoms with van der Waals surface area (Å²) in [7, 11) is 0. The highest BCUT2D eigenvalue weighted by molar-refractivity contribution is 5.61. The average Bonchev–Trinajstić information content (AvgIpc) is 3.37. The second-order valence-electron chi connectivity index (χ2n) is 8.64. The minimum Gasteiger partial charge on any atom is -0.398 e. The molecule has 3 aliphatic rings. The van der Waals surface area contributed by atoms with Crippen molar-refractivity contribution in [1.29, 1.82) is 0 Å². The summed E-state index contributed by atoms with van der Waals surface area (Å²) in [6, 6.07) is 19.5. The van der Waals surface area contributed by atoms with Gasteiger partial charge in [0, 0.05) is 36.3 Å². The van der Waals surface area contributed by atoms with E-state index in [4.69, 9.17) is 10.8 Å². The van der Waals surface area contributed by atoms with Crippen molar-refractivity contribution >= 4 is 5.69 Å². The van der Waals surface area contributed by atoms with Crippen LogP contribution in [0, 0.1) is 0 Å². The average molecular weight is 383 g/mol. The Balaban J connectivity index is 1.69. The minimum absolute atomic E-state index is 0.108. The number of hydrogen-bond donors (Lipinski definition) is 1. The number of nitrogen functional groups attached to an aromatic ring is 1. The van der Waals surface area contributed by atoms with Crippen LogP contribution in [0.3, 0.4) is 0 Å². The van der Waals surface area contributed by atoms with Crippen LogP contribution in [0.4, 0.5) is 5.69 Å². The SMILES string of the molecule is C/C=C1\CN2CC[C@]3(c4ccccc4N)c4c(cnn4-c4ccccc4)[C@H]1C[C@@H]23. The molecule has 2 aromatic carbocycles. The van der Waals surface area contributed by atoms with Crippen molar-refractivity contribution in [3.8, 4) is 5.69 Å². The number of benzene rings is 2. The molecule has 0 amide bonds. The maximum atomic E-state index is 6.61. The first-order valence-electron chi connectivity index (χ1n) is 10.6. The van der Waals surface area contributed by atoms with E-state index in [1.54, 1.807) is 0 Å². The van der Waals surface area contributed by atoms with E-state index in [9.17, 15) is 0 Å². The summed E-state index contributed by atoms with van der Waals surface area (Å²) >= 11 is 0. The molecule has 1 aliphatic carbocycles. The summed E-state index contributed by atoms with van der Waals surface area (Å²) in [5.41, 5.74) is 14.1. The van der Waals surface area contributed by atoms with Gasteiger partial charge in [-0.05, 0) is 43.5 Å². The maximum absolute atomic E-state index is 6.61. The molecule has 0 unspecified atom stereocenters. The lowest BCUT2D eigenvalue weighted by Crippen LogP contribution is -2.52. The van der Waals surface area contributed by atoms with Gasteiger partial charge in [0.15, 0.2) is 0 Å². The molecular weight excluding hydrogens is 356 g/mol. The van der Waals surface area contributed by atoms with Gasteiger partial charge in [0.25, 0.3) is 0 Å². The number of piperidine rings is 1. The third-order valence-corrected chi connectivity index (χ3v) is 7.50. The van der Waals surface area contributed by atoms with Crippen LogP contribution in [0.2, 0.25) is 0 Å². The zero-order valence-corrected chi connectivity index (χ0v) is 16.8. The van der Waals surface area contributed by atoms with Gasteiger partial charge >= 0.3 is 0 Å². The van der Waals surface area contributed by atoms with Crippen molar-refractivity contribution in [2.75, 3.05) is 18.8 Å². The Morgan fingerprint density at radius 2 is 1.90 bits per heavy atom. The first kappa shape index (κ1) is 17.0. The van der Waals surface area contributed by atoms with Crippen LogP contribution in [0.15, 0.2) is 72.4 Å². The summed E-state index contributed by atoms with van der Waals surface area (Å²) in [6.45, 7) is 4.35. The largest absolute Gasteiger partial charge is 0.398 e. The summed E-state index contributed by atoms with van der Waals surface area (Å²) in [5, 5.41) is 4.94. The van der Waals surface area contributed by atoms with Crippen LogP contribution < -0.4 is 5.73 Å². The molecule has 0 radical (unpaired) electrons. The number of rotatable bonds is 2. The lowest BCUT2D eigenvalue weighted by molar-refractivity contribution is 0.171. The second-order valence-corrected chi connectivity index (χ2v) is 8.64. The van der Waals surface area contributed by atoms with Gasteiger partial charge in [-0.3, -0.25) is 4.90 Å². The molecule has 0 spiro atoms. The number of nitrogens with zero attached hydrogens (tertiary/aromatic N) is 3. The molecule has 2 N–H and O–H groups in total. The monoisotopic (exact) mass is 382 g/mol. The zero-order valence-electron chi connectivity index (χ0n) is 16.8. The van der Waals surface area contributed by atoms with E-state index in [0.717, 1.165) is 37.3 Å². The maximum Gasteiger partial charge on any atom is 0.0649 e. The fourth-order valence-electron chi connectivity index (χ4n) is 6.28. The third kappa shape index (κ3) is 2.15. The van der Waals surface area contributed by atoms with Gasteiger partial charge in [-0.25, -0.2) is 4.68 Å². The standard InChI is InChI=1S/C25H26N4/c1-2-17-16-28-13-12-25(21-10-6-7-11-22(21)26)23(28)14-19(17)20-15-27-29(24(20)25)18-8-4-3-5-9-18/h2-11,15,19,23H,12-14,16,26H2,1H3/b17-2+/t19-,23+,25+/m0/s1. The molecule has 2 bridgehead atoms. The molecule has 3 aromatic rings. The lowest BCUT2D eigenvalue weighted by atomic mass is 9.60. The van der Waals surface area contributed by atoms with Crippen molar-refractivity contribution in [2.45, 2.75) is 37.1 Å². The van der Waals surface area contributed by atoms with Gasteiger partial charge < -0.3 is 5.73 Å². The number of fused-ring (bicyclic) bond motifs is 4. The smallest absolute Gasteiger partial charge is 0.0649 e. The van der Waals surface area contributed by atoms with Gasteiger partial charge in [0.05, 0.1) is 23.0 Å². The molecule has 29 heavy (non-hydrogen) atoms. The van der Waals surface area contributed by atoms with E-state index < -0.39 is 0 Å². The van der Waals surface area contributed by atoms with Gasteiger partial charge in [-0.1, -0.05) is 48.0 Å². The van der Waals surface area contributed by atoms with E-state index in [-0.39, 0.29) is 5.41 Å². The number of nitrogens with two attached hydrogens (primary N) is 1. The number of aromatic nitrogens is 2. The molecule has 1 aromatic heterocycles. The zero-order chi connectivity index (χ0) is 19.6. The Morgan fingerprint density at radius 3 is 2.69 bits per heavy atom. The summed E-state index contributed by atoms with van der Waals surface area (Å²) in [5.74, 6) is 0.463. The van der Waals surface area contributed by atoms with E-state index in [1.165, 1.54) is 22.4 Å². The summed E-state index contributed by atoms with van der Waals surface area (Å²) in [4.78, 5) is 2.68. The number of allylic oxidation sites excluding steroid dienone is 1. The Labute approximate surface area is 171 Å². The summed E-state index contributed by atoms with van der Waals surface area (Å²) < 4.78 is 2.20. The molecule has 2 fully saturated rings. The van der Waals surface area contributed by atoms with Crippen LogP contribution in [0.5, 0.6) is 0 Å². The quantitative estimate of drug-likeness (QED) is 0.532. The van der Waals surface area contributed by atoms with E-state index in [2.05, 4.69) is 77.3 Å². The normalized spacial score (nSPS) is 29.2. The topological polar surface area (TPSA) is 47.1 Å². The molecule has 2 saturated heterocycles. The van der Waals surface area contributed by atoms with Crippen LogP contribution >= 0.6 is 0 Å². The fourth-order valence-corrected chi connectivity index (χ4v) is 6.28. The van der Waals surface area contributed by atoms with Gasteiger partial charge in [0.1, 0.15) is 0 Å². The predicted octanol–water partition coefficient (Wildman–Crippen LogP) is 4.26. The Bertz CT molecular complexity index is 1110. The van der Waals surface area contributed by atoms with Crippen LogP contribution in [-0.2, 0) is 5.41 Å². The third-order valence-electron chi connectivity index (χ3n) is 7.50. The van der Waals surface area contributed by atoms with Gasteiger partial charge in [-0.2, -0.15) is 5.10 Å². The Morgan fingerprint density at radius 1 is 1.10 bits per heavy atom. The molecule has 3 heterocycles. The van der Waals surface area contributed by atoms with Crippen LogP contribution in [0.25, 0.3) is 5.69 Å².